The minimum Gasteiger partial charge on any atom is -0.508 e. The second-order valence-corrected chi connectivity index (χ2v) is 6.45. The van der Waals surface area contributed by atoms with Crippen molar-refractivity contribution in [2.45, 2.75) is 50.6 Å². The van der Waals surface area contributed by atoms with Gasteiger partial charge in [0, 0.05) is 12.1 Å². The van der Waals surface area contributed by atoms with Crippen molar-refractivity contribution < 1.29 is 5.11 Å². The highest BCUT2D eigenvalue weighted by atomic mass is 16.3. The Morgan fingerprint density at radius 3 is 2.64 bits per heavy atom. The summed E-state index contributed by atoms with van der Waals surface area (Å²) >= 11 is 0. The van der Waals surface area contributed by atoms with Gasteiger partial charge in [-0.15, -0.1) is 0 Å². The Morgan fingerprint density at radius 2 is 1.86 bits per heavy atom. The van der Waals surface area contributed by atoms with Gasteiger partial charge in [0.15, 0.2) is 0 Å². The van der Waals surface area contributed by atoms with Crippen LogP contribution in [0.15, 0.2) is 54.6 Å². The van der Waals surface area contributed by atoms with Crippen LogP contribution in [0.5, 0.6) is 5.75 Å². The summed E-state index contributed by atoms with van der Waals surface area (Å²) < 4.78 is 0. The Hall–Kier alpha value is -1.80. The van der Waals surface area contributed by atoms with Gasteiger partial charge in [-0.1, -0.05) is 48.9 Å². The van der Waals surface area contributed by atoms with Crippen molar-refractivity contribution in [1.29, 1.82) is 0 Å². The topological polar surface area (TPSA) is 32.3 Å². The van der Waals surface area contributed by atoms with Gasteiger partial charge in [-0.25, -0.2) is 0 Å². The van der Waals surface area contributed by atoms with Gasteiger partial charge in [0.05, 0.1) is 0 Å². The van der Waals surface area contributed by atoms with Gasteiger partial charge in [0.1, 0.15) is 5.75 Å². The highest BCUT2D eigenvalue weighted by Gasteiger charge is 2.24. The minimum atomic E-state index is 0.380. The molecule has 2 unspecified atom stereocenters. The van der Waals surface area contributed by atoms with E-state index in [0.29, 0.717) is 23.8 Å². The van der Waals surface area contributed by atoms with Crippen LogP contribution in [0.2, 0.25) is 0 Å². The molecule has 2 aromatic rings. The van der Waals surface area contributed by atoms with Crippen LogP contribution in [0.1, 0.15) is 55.7 Å². The molecule has 0 radical (unpaired) electrons. The molecular formula is C20H25NO. The van der Waals surface area contributed by atoms with E-state index in [1.807, 2.05) is 12.1 Å². The number of hydrogen-bond donors (Lipinski definition) is 2. The molecule has 1 aliphatic carbocycles. The zero-order valence-corrected chi connectivity index (χ0v) is 13.2. The number of aromatic hydroxyl groups is 1. The third-order valence-electron chi connectivity index (χ3n) is 4.80. The summed E-state index contributed by atoms with van der Waals surface area (Å²) in [5.41, 5.74) is 2.63. The van der Waals surface area contributed by atoms with E-state index in [-0.39, 0.29) is 0 Å². The molecule has 0 aromatic heterocycles. The highest BCUT2D eigenvalue weighted by molar-refractivity contribution is 5.30. The first-order valence-corrected chi connectivity index (χ1v) is 8.32. The van der Waals surface area contributed by atoms with Gasteiger partial charge >= 0.3 is 0 Å². The number of rotatable bonds is 4. The van der Waals surface area contributed by atoms with Gasteiger partial charge in [0.2, 0.25) is 0 Å². The summed E-state index contributed by atoms with van der Waals surface area (Å²) in [6, 6.07) is 19.4. The van der Waals surface area contributed by atoms with Crippen LogP contribution in [0, 0.1) is 0 Å². The number of phenolic OH excluding ortho intramolecular Hbond substituents is 1. The Labute approximate surface area is 133 Å². The highest BCUT2D eigenvalue weighted by Crippen LogP contribution is 2.34. The molecule has 0 saturated heterocycles. The fourth-order valence-corrected chi connectivity index (χ4v) is 3.61. The van der Waals surface area contributed by atoms with Crippen molar-refractivity contribution in [1.82, 2.24) is 5.32 Å². The summed E-state index contributed by atoms with van der Waals surface area (Å²) in [5, 5.41) is 13.5. The van der Waals surface area contributed by atoms with Crippen molar-refractivity contribution in [2.24, 2.45) is 0 Å². The normalized spacial score (nSPS) is 23.1. The van der Waals surface area contributed by atoms with Gasteiger partial charge < -0.3 is 10.4 Å². The molecule has 116 valence electrons. The number of benzene rings is 2. The number of hydrogen-bond acceptors (Lipinski definition) is 2. The Kier molecular flexibility index (Phi) is 4.79. The van der Waals surface area contributed by atoms with E-state index in [2.05, 4.69) is 48.6 Å². The molecule has 0 aliphatic heterocycles. The predicted octanol–water partition coefficient (Wildman–Crippen LogP) is 4.77. The van der Waals surface area contributed by atoms with Crippen LogP contribution in [-0.4, -0.2) is 11.1 Å². The van der Waals surface area contributed by atoms with Gasteiger partial charge in [-0.3, -0.25) is 0 Å². The average Bonchev–Trinajstić information content (AvgIpc) is 2.56. The Bertz CT molecular complexity index is 596. The molecule has 22 heavy (non-hydrogen) atoms. The maximum atomic E-state index is 9.69. The molecule has 2 heteroatoms. The van der Waals surface area contributed by atoms with E-state index in [0.717, 1.165) is 6.42 Å². The zero-order valence-electron chi connectivity index (χ0n) is 13.2. The molecule has 3 atom stereocenters. The van der Waals surface area contributed by atoms with Crippen LogP contribution in [-0.2, 0) is 0 Å². The van der Waals surface area contributed by atoms with Gasteiger partial charge in [0.25, 0.3) is 0 Å². The van der Waals surface area contributed by atoms with Crippen molar-refractivity contribution >= 4 is 0 Å². The Balaban J connectivity index is 1.63. The minimum absolute atomic E-state index is 0.380. The first-order chi connectivity index (χ1) is 10.7. The van der Waals surface area contributed by atoms with E-state index in [1.54, 1.807) is 6.07 Å². The summed E-state index contributed by atoms with van der Waals surface area (Å²) in [6.45, 7) is 2.24. The molecule has 0 bridgehead atoms. The van der Waals surface area contributed by atoms with Crippen molar-refractivity contribution in [3.63, 3.8) is 0 Å². The van der Waals surface area contributed by atoms with Gasteiger partial charge in [-0.05, 0) is 55.4 Å². The number of phenols is 1. The van der Waals surface area contributed by atoms with E-state index in [4.69, 9.17) is 0 Å². The third kappa shape index (κ3) is 3.69. The van der Waals surface area contributed by atoms with Crippen LogP contribution < -0.4 is 5.32 Å². The molecule has 0 spiro atoms. The SMILES string of the molecule is C[C@@H](NC1CCCC(c2cccc(O)c2)C1)c1ccccc1. The summed E-state index contributed by atoms with van der Waals surface area (Å²) in [4.78, 5) is 0. The molecule has 2 nitrogen and oxygen atoms in total. The molecule has 0 amide bonds. The summed E-state index contributed by atoms with van der Waals surface area (Å²) in [5.74, 6) is 0.937. The lowest BCUT2D eigenvalue weighted by molar-refractivity contribution is 0.318. The van der Waals surface area contributed by atoms with E-state index >= 15 is 0 Å². The quantitative estimate of drug-likeness (QED) is 0.851. The zero-order chi connectivity index (χ0) is 15.4. The predicted molar refractivity (Wildman–Crippen MR) is 91.1 cm³/mol. The molecule has 1 aliphatic rings. The smallest absolute Gasteiger partial charge is 0.115 e. The lowest BCUT2D eigenvalue weighted by atomic mass is 9.81. The van der Waals surface area contributed by atoms with Crippen LogP contribution in [0.3, 0.4) is 0 Å². The lowest BCUT2D eigenvalue weighted by Gasteiger charge is -2.32. The first-order valence-electron chi connectivity index (χ1n) is 8.32. The average molecular weight is 295 g/mol. The fourth-order valence-electron chi connectivity index (χ4n) is 3.61. The monoisotopic (exact) mass is 295 g/mol. The van der Waals surface area contributed by atoms with E-state index < -0.39 is 0 Å². The van der Waals surface area contributed by atoms with Gasteiger partial charge in [-0.2, -0.15) is 0 Å². The Morgan fingerprint density at radius 1 is 1.05 bits per heavy atom. The second-order valence-electron chi connectivity index (χ2n) is 6.45. The molecule has 0 heterocycles. The maximum Gasteiger partial charge on any atom is 0.115 e. The molecule has 1 fully saturated rings. The molecule has 1 saturated carbocycles. The van der Waals surface area contributed by atoms with Crippen LogP contribution in [0.25, 0.3) is 0 Å². The van der Waals surface area contributed by atoms with E-state index in [1.165, 1.54) is 30.4 Å². The lowest BCUT2D eigenvalue weighted by Crippen LogP contribution is -2.35. The maximum absolute atomic E-state index is 9.69. The summed E-state index contributed by atoms with van der Waals surface area (Å²) in [7, 11) is 0. The largest absolute Gasteiger partial charge is 0.508 e. The van der Waals surface area contributed by atoms with Crippen LogP contribution >= 0.6 is 0 Å². The first kappa shape index (κ1) is 15.1. The number of nitrogens with one attached hydrogen (secondary N) is 1. The van der Waals surface area contributed by atoms with Crippen LogP contribution in [0.4, 0.5) is 0 Å². The van der Waals surface area contributed by atoms with Crippen molar-refractivity contribution in [3.8, 4) is 5.75 Å². The standard InChI is InChI=1S/C20H25NO/c1-15(16-7-3-2-4-8-16)21-19-11-5-9-17(13-19)18-10-6-12-20(22)14-18/h2-4,6-8,10,12,14-15,17,19,21-22H,5,9,11,13H2,1H3/t15-,17?,19?/m1/s1. The van der Waals surface area contributed by atoms with Crippen molar-refractivity contribution in [3.05, 3.63) is 65.7 Å². The molecule has 3 rings (SSSR count). The van der Waals surface area contributed by atoms with Crippen molar-refractivity contribution in [2.75, 3.05) is 0 Å². The fraction of sp³-hybridized carbons (Fsp3) is 0.400. The summed E-state index contributed by atoms with van der Waals surface area (Å²) in [6.07, 6.45) is 4.87. The second kappa shape index (κ2) is 6.97. The van der Waals surface area contributed by atoms with E-state index in [9.17, 15) is 5.11 Å². The molecular weight excluding hydrogens is 270 g/mol. The third-order valence-corrected chi connectivity index (χ3v) is 4.80. The molecule has 2 N–H and O–H groups in total. The molecule has 2 aromatic carbocycles.